The molecule has 21 heavy (non-hydrogen) atoms. The first kappa shape index (κ1) is 12.9. The molecule has 0 aliphatic heterocycles. The number of hydrogen-bond acceptors (Lipinski definition) is 0. The third kappa shape index (κ3) is 1.89. The van der Waals surface area contributed by atoms with E-state index in [0.29, 0.717) is 23.7 Å². The summed E-state index contributed by atoms with van der Waals surface area (Å²) in [4.78, 5) is 0. The molecule has 0 radical (unpaired) electrons. The maximum Gasteiger partial charge on any atom is 0.0161 e. The molecule has 0 heterocycles. The normalized spacial score (nSPS) is 26.4. The maximum absolute atomic E-state index is 4.36. The maximum atomic E-state index is 4.36. The Hall–Kier alpha value is -1.82. The van der Waals surface area contributed by atoms with Gasteiger partial charge in [0.2, 0.25) is 0 Å². The second-order valence-electron chi connectivity index (χ2n) is 6.91. The minimum atomic E-state index is 0.545. The molecule has 0 N–H and O–H groups in total. The van der Waals surface area contributed by atoms with Crippen LogP contribution < -0.4 is 0 Å². The number of rotatable bonds is 1. The monoisotopic (exact) mass is 274 g/mol. The van der Waals surface area contributed by atoms with Crippen LogP contribution in [0.5, 0.6) is 0 Å². The highest BCUT2D eigenvalue weighted by atomic mass is 14.5. The lowest BCUT2D eigenvalue weighted by Gasteiger charge is -2.27. The van der Waals surface area contributed by atoms with E-state index >= 15 is 0 Å². The van der Waals surface area contributed by atoms with Crippen molar-refractivity contribution in [3.8, 4) is 0 Å². The van der Waals surface area contributed by atoms with Crippen LogP contribution in [0.15, 0.2) is 60.7 Å². The van der Waals surface area contributed by atoms with Gasteiger partial charge in [0, 0.05) is 11.8 Å². The summed E-state index contributed by atoms with van der Waals surface area (Å²) in [5.41, 5.74) is 7.53. The second-order valence-corrected chi connectivity index (χ2v) is 6.91. The topological polar surface area (TPSA) is 0 Å². The zero-order valence-corrected chi connectivity index (χ0v) is 12.8. The van der Waals surface area contributed by atoms with Crippen molar-refractivity contribution in [1.82, 2.24) is 0 Å². The molecular weight excluding hydrogens is 252 g/mol. The van der Waals surface area contributed by atoms with Crippen LogP contribution in [0.2, 0.25) is 0 Å². The van der Waals surface area contributed by atoms with Crippen LogP contribution in [0.3, 0.4) is 0 Å². The van der Waals surface area contributed by atoms with Gasteiger partial charge in [0.15, 0.2) is 0 Å². The molecule has 2 aliphatic carbocycles. The van der Waals surface area contributed by atoms with E-state index < -0.39 is 0 Å². The number of benzene rings is 2. The summed E-state index contributed by atoms with van der Waals surface area (Å²) in [6, 6.07) is 18.1. The summed E-state index contributed by atoms with van der Waals surface area (Å²) in [6.07, 6.45) is 1.15. The molecule has 0 aromatic heterocycles. The van der Waals surface area contributed by atoms with Crippen molar-refractivity contribution in [2.24, 2.45) is 5.92 Å². The zero-order chi connectivity index (χ0) is 14.6. The van der Waals surface area contributed by atoms with Gasteiger partial charge in [-0.1, -0.05) is 74.5 Å². The molecule has 1 fully saturated rings. The minimum Gasteiger partial charge on any atom is -0.0986 e. The van der Waals surface area contributed by atoms with Gasteiger partial charge in [0.05, 0.1) is 0 Å². The summed E-state index contributed by atoms with van der Waals surface area (Å²) >= 11 is 0. The number of allylic oxidation sites excluding steroid dienone is 1. The lowest BCUT2D eigenvalue weighted by Crippen LogP contribution is -2.15. The molecule has 0 amide bonds. The molecule has 4 rings (SSSR count). The summed E-state index contributed by atoms with van der Waals surface area (Å²) < 4.78 is 0. The van der Waals surface area contributed by atoms with Crippen LogP contribution in [0.25, 0.3) is 0 Å². The Balaban J connectivity index is 1.92. The fraction of sp³-hybridized carbons (Fsp3) is 0.333. The van der Waals surface area contributed by atoms with Crippen molar-refractivity contribution in [1.29, 1.82) is 0 Å². The molecule has 2 aromatic carbocycles. The molecule has 0 saturated heterocycles. The molecule has 3 unspecified atom stereocenters. The summed E-state index contributed by atoms with van der Waals surface area (Å²) in [5.74, 6) is 2.36. The molecule has 0 heteroatoms. The van der Waals surface area contributed by atoms with Gasteiger partial charge >= 0.3 is 0 Å². The van der Waals surface area contributed by atoms with Gasteiger partial charge < -0.3 is 0 Å². The number of hydrogen-bond donors (Lipinski definition) is 0. The number of fused-ring (bicyclic) bond motifs is 5. The first-order valence-electron chi connectivity index (χ1n) is 8.03. The van der Waals surface area contributed by atoms with E-state index in [9.17, 15) is 0 Å². The Morgan fingerprint density at radius 1 is 0.857 bits per heavy atom. The Bertz CT molecular complexity index is 707. The van der Waals surface area contributed by atoms with Gasteiger partial charge in [0.25, 0.3) is 0 Å². The smallest absolute Gasteiger partial charge is 0.0161 e. The van der Waals surface area contributed by atoms with Crippen molar-refractivity contribution in [3.05, 3.63) is 82.9 Å². The van der Waals surface area contributed by atoms with Gasteiger partial charge in [-0.05, 0) is 40.5 Å². The molecule has 1 saturated carbocycles. The highest BCUT2D eigenvalue weighted by molar-refractivity contribution is 5.59. The van der Waals surface area contributed by atoms with Crippen molar-refractivity contribution in [2.75, 3.05) is 0 Å². The predicted octanol–water partition coefficient (Wildman–Crippen LogP) is 5.42. The molecular formula is C21H22. The highest BCUT2D eigenvalue weighted by Crippen LogP contribution is 2.62. The van der Waals surface area contributed by atoms with Gasteiger partial charge in [-0.2, -0.15) is 0 Å². The average Bonchev–Trinajstić information content (AvgIpc) is 3.13. The summed E-state index contributed by atoms with van der Waals surface area (Å²) in [5, 5.41) is 0. The lowest BCUT2D eigenvalue weighted by atomic mass is 9.77. The Morgan fingerprint density at radius 3 is 2.14 bits per heavy atom. The molecule has 2 aliphatic rings. The van der Waals surface area contributed by atoms with Crippen LogP contribution in [-0.4, -0.2) is 0 Å². The third-order valence-corrected chi connectivity index (χ3v) is 5.39. The van der Waals surface area contributed by atoms with Crippen LogP contribution in [0, 0.1) is 5.92 Å². The van der Waals surface area contributed by atoms with Crippen molar-refractivity contribution in [2.45, 2.75) is 38.0 Å². The first-order chi connectivity index (χ1) is 10.2. The van der Waals surface area contributed by atoms with Gasteiger partial charge in [-0.15, -0.1) is 0 Å². The highest BCUT2D eigenvalue weighted by Gasteiger charge is 2.47. The molecule has 3 atom stereocenters. The average molecular weight is 274 g/mol. The quantitative estimate of drug-likeness (QED) is 0.609. The van der Waals surface area contributed by atoms with E-state index in [2.05, 4.69) is 69.0 Å². The molecule has 2 aromatic rings. The van der Waals surface area contributed by atoms with Gasteiger partial charge in [0.1, 0.15) is 0 Å². The second kappa shape index (κ2) is 4.59. The summed E-state index contributed by atoms with van der Waals surface area (Å²) in [7, 11) is 0. The van der Waals surface area contributed by atoms with E-state index in [-0.39, 0.29) is 0 Å². The largest absolute Gasteiger partial charge is 0.0986 e. The van der Waals surface area contributed by atoms with Crippen LogP contribution in [0.1, 0.15) is 53.9 Å². The van der Waals surface area contributed by atoms with E-state index in [4.69, 9.17) is 0 Å². The fourth-order valence-corrected chi connectivity index (χ4v) is 4.17. The zero-order valence-electron chi connectivity index (χ0n) is 12.8. The Kier molecular flexibility index (Phi) is 2.82. The lowest BCUT2D eigenvalue weighted by molar-refractivity contribution is 0.488. The van der Waals surface area contributed by atoms with Gasteiger partial charge in [-0.25, -0.2) is 0 Å². The van der Waals surface area contributed by atoms with E-state index in [1.165, 1.54) is 22.3 Å². The molecule has 0 spiro atoms. The van der Waals surface area contributed by atoms with Crippen molar-refractivity contribution in [3.63, 3.8) is 0 Å². The van der Waals surface area contributed by atoms with E-state index in [0.717, 1.165) is 6.42 Å². The Morgan fingerprint density at radius 2 is 1.43 bits per heavy atom. The minimum absolute atomic E-state index is 0.545. The van der Waals surface area contributed by atoms with Crippen LogP contribution >= 0.6 is 0 Å². The SMILES string of the molecule is C=C1C2c3ccccc3CC(C(C)C)c3ccccc3C12. The molecule has 106 valence electrons. The van der Waals surface area contributed by atoms with Crippen LogP contribution in [0.4, 0.5) is 0 Å². The first-order valence-corrected chi connectivity index (χ1v) is 8.03. The van der Waals surface area contributed by atoms with E-state index in [1.807, 2.05) is 0 Å². The molecule has 0 bridgehead atoms. The third-order valence-electron chi connectivity index (χ3n) is 5.39. The predicted molar refractivity (Wildman–Crippen MR) is 88.8 cm³/mol. The van der Waals surface area contributed by atoms with Crippen molar-refractivity contribution >= 4 is 0 Å². The molecule has 0 nitrogen and oxygen atoms in total. The van der Waals surface area contributed by atoms with Gasteiger partial charge in [-0.3, -0.25) is 0 Å². The van der Waals surface area contributed by atoms with Crippen LogP contribution in [-0.2, 0) is 6.42 Å². The summed E-state index contributed by atoms with van der Waals surface area (Å²) in [6.45, 7) is 9.07. The van der Waals surface area contributed by atoms with E-state index in [1.54, 1.807) is 5.56 Å². The Labute approximate surface area is 127 Å². The van der Waals surface area contributed by atoms with Crippen molar-refractivity contribution < 1.29 is 0 Å². The standard InChI is InChI=1S/C21H22/c1-13(2)19-12-15-8-4-5-9-16(15)20-14(3)21(20)18-11-7-6-10-17(18)19/h4-11,13,19-21H,3,12H2,1-2H3. The fourth-order valence-electron chi connectivity index (χ4n) is 4.17.